The summed E-state index contributed by atoms with van der Waals surface area (Å²) in [4.78, 5) is 11.4. The van der Waals surface area contributed by atoms with Gasteiger partial charge in [0.05, 0.1) is 37.0 Å². The van der Waals surface area contributed by atoms with Gasteiger partial charge in [-0.2, -0.15) is 0 Å². The van der Waals surface area contributed by atoms with E-state index in [1.54, 1.807) is 18.2 Å². The fourth-order valence-corrected chi connectivity index (χ4v) is 5.02. The first-order valence-corrected chi connectivity index (χ1v) is 13.7. The summed E-state index contributed by atoms with van der Waals surface area (Å²) in [6, 6.07) is 13.2. The summed E-state index contributed by atoms with van der Waals surface area (Å²) in [5, 5.41) is 1.28. The number of hydrogen-bond acceptors (Lipinski definition) is 8. The first-order chi connectivity index (χ1) is 19.4. The van der Waals surface area contributed by atoms with Crippen LogP contribution in [0.1, 0.15) is 0 Å². The molecule has 0 bridgehead atoms. The molecule has 2 aromatic carbocycles. The van der Waals surface area contributed by atoms with Gasteiger partial charge in [-0.05, 0) is 36.4 Å². The van der Waals surface area contributed by atoms with E-state index in [2.05, 4.69) is 14.5 Å². The van der Waals surface area contributed by atoms with Crippen LogP contribution in [0.2, 0.25) is 5.02 Å². The van der Waals surface area contributed by atoms with Crippen molar-refractivity contribution in [3.05, 3.63) is 53.6 Å². The van der Waals surface area contributed by atoms with Crippen LogP contribution in [0.3, 0.4) is 0 Å². The molecule has 0 saturated carbocycles. The molecule has 0 spiro atoms. The number of para-hydroxylation sites is 1. The number of pyridine rings is 1. The zero-order valence-electron chi connectivity index (χ0n) is 22.0. The highest BCUT2D eigenvalue weighted by molar-refractivity contribution is 6.35. The number of ether oxygens (including phenoxy) is 4. The smallest absolute Gasteiger partial charge is 0.491 e. The lowest BCUT2D eigenvalue weighted by Gasteiger charge is -2.31. The van der Waals surface area contributed by atoms with E-state index in [1.165, 1.54) is 12.1 Å². The number of morpholine rings is 2. The number of nitrogens with zero attached hydrogens (tertiary/aromatic N) is 4. The predicted octanol–water partition coefficient (Wildman–Crippen LogP) is 4.97. The number of halogens is 4. The van der Waals surface area contributed by atoms with Gasteiger partial charge < -0.3 is 23.8 Å². The molecule has 12 heteroatoms. The fraction of sp³-hybridized carbons (Fsp3) is 0.464. The van der Waals surface area contributed by atoms with Gasteiger partial charge in [0, 0.05) is 63.0 Å². The van der Waals surface area contributed by atoms with Gasteiger partial charge >= 0.3 is 6.36 Å². The van der Waals surface area contributed by atoms with Crippen molar-refractivity contribution in [2.24, 2.45) is 0 Å². The van der Waals surface area contributed by atoms with Gasteiger partial charge in [-0.1, -0.05) is 17.7 Å². The maximum absolute atomic E-state index is 12.7. The van der Waals surface area contributed by atoms with Crippen molar-refractivity contribution < 1.29 is 32.1 Å². The van der Waals surface area contributed by atoms with E-state index in [0.717, 1.165) is 38.1 Å². The van der Waals surface area contributed by atoms with Crippen molar-refractivity contribution in [3.8, 4) is 11.5 Å². The summed E-state index contributed by atoms with van der Waals surface area (Å²) < 4.78 is 59.5. The third-order valence-electron chi connectivity index (χ3n) is 6.91. The third kappa shape index (κ3) is 7.67. The Balaban J connectivity index is 1.44. The summed E-state index contributed by atoms with van der Waals surface area (Å²) in [5.41, 5.74) is 1.26. The van der Waals surface area contributed by atoms with Crippen LogP contribution in [-0.4, -0.2) is 100.0 Å². The summed E-state index contributed by atoms with van der Waals surface area (Å²) >= 11 is 6.58. The van der Waals surface area contributed by atoms with E-state index in [1.807, 2.05) is 23.1 Å². The monoisotopic (exact) mass is 580 g/mol. The Bertz CT molecular complexity index is 1250. The molecule has 0 aliphatic carbocycles. The summed E-state index contributed by atoms with van der Waals surface area (Å²) in [7, 11) is 0. The highest BCUT2D eigenvalue weighted by atomic mass is 35.5. The van der Waals surface area contributed by atoms with Crippen LogP contribution < -0.4 is 14.4 Å². The summed E-state index contributed by atoms with van der Waals surface area (Å²) in [6.07, 6.45) is -4.76. The molecule has 0 unspecified atom stereocenters. The van der Waals surface area contributed by atoms with Crippen molar-refractivity contribution in [3.63, 3.8) is 0 Å². The molecule has 2 aliphatic heterocycles. The van der Waals surface area contributed by atoms with Gasteiger partial charge in [0.1, 0.15) is 23.9 Å². The highest BCUT2D eigenvalue weighted by Crippen LogP contribution is 2.36. The topological polar surface area (TPSA) is 59.5 Å². The molecule has 0 radical (unpaired) electrons. The molecule has 2 saturated heterocycles. The Kier molecular flexibility index (Phi) is 9.48. The van der Waals surface area contributed by atoms with E-state index in [4.69, 9.17) is 30.8 Å². The van der Waals surface area contributed by atoms with Crippen molar-refractivity contribution in [1.29, 1.82) is 0 Å². The minimum absolute atomic E-state index is 0.286. The van der Waals surface area contributed by atoms with Crippen LogP contribution in [0.4, 0.5) is 24.7 Å². The largest absolute Gasteiger partial charge is 0.573 e. The predicted molar refractivity (Wildman–Crippen MR) is 147 cm³/mol. The van der Waals surface area contributed by atoms with E-state index >= 15 is 0 Å². The van der Waals surface area contributed by atoms with E-state index in [-0.39, 0.29) is 5.75 Å². The Hall–Kier alpha value is -2.83. The number of aromatic nitrogens is 1. The second kappa shape index (κ2) is 13.2. The summed E-state index contributed by atoms with van der Waals surface area (Å²) in [6.45, 7) is 8.55. The molecule has 216 valence electrons. The Morgan fingerprint density at radius 1 is 0.900 bits per heavy atom. The third-order valence-corrected chi connectivity index (χ3v) is 7.21. The zero-order chi connectivity index (χ0) is 28.0. The lowest BCUT2D eigenvalue weighted by molar-refractivity contribution is -0.274. The molecule has 5 rings (SSSR count). The molecule has 0 N–H and O–H groups in total. The van der Waals surface area contributed by atoms with Crippen LogP contribution in [0, 0.1) is 0 Å². The maximum atomic E-state index is 12.7. The normalized spacial score (nSPS) is 17.2. The second-order valence-corrected chi connectivity index (χ2v) is 9.97. The number of anilines is 2. The first kappa shape index (κ1) is 28.7. The average molecular weight is 581 g/mol. The van der Waals surface area contributed by atoms with Crippen molar-refractivity contribution in [2.45, 2.75) is 6.36 Å². The fourth-order valence-electron chi connectivity index (χ4n) is 4.81. The molecule has 1 aromatic heterocycles. The standard InChI is InChI=1S/C28H32ClF3N4O4/c29-24-3-1-2-23-25(39-19-14-35-12-17-38-18-13-35)20-26(33-27(23)24)36(9-8-34-10-15-37-16-11-34)21-4-6-22(7-5-21)40-28(30,31)32/h1-7,20H,8-19H2. The zero-order valence-corrected chi connectivity index (χ0v) is 22.8. The van der Waals surface area contributed by atoms with Crippen LogP contribution >= 0.6 is 11.6 Å². The summed E-state index contributed by atoms with van der Waals surface area (Å²) in [5.74, 6) is 0.940. The lowest BCUT2D eigenvalue weighted by Crippen LogP contribution is -2.40. The van der Waals surface area contributed by atoms with Crippen molar-refractivity contribution in [1.82, 2.24) is 14.8 Å². The number of rotatable bonds is 10. The lowest BCUT2D eigenvalue weighted by atomic mass is 10.2. The van der Waals surface area contributed by atoms with Gasteiger partial charge in [0.25, 0.3) is 0 Å². The van der Waals surface area contributed by atoms with Crippen LogP contribution in [0.5, 0.6) is 11.5 Å². The molecular formula is C28H32ClF3N4O4. The minimum atomic E-state index is -4.76. The number of hydrogen-bond donors (Lipinski definition) is 0. The quantitative estimate of drug-likeness (QED) is 0.333. The molecule has 40 heavy (non-hydrogen) atoms. The Labute approximate surface area is 236 Å². The maximum Gasteiger partial charge on any atom is 0.573 e. The van der Waals surface area contributed by atoms with Gasteiger partial charge in [-0.25, -0.2) is 4.98 Å². The van der Waals surface area contributed by atoms with Crippen molar-refractivity contribution >= 4 is 34.0 Å². The molecule has 0 amide bonds. The Morgan fingerprint density at radius 3 is 2.20 bits per heavy atom. The van der Waals surface area contributed by atoms with Gasteiger partial charge in [-0.3, -0.25) is 9.80 Å². The van der Waals surface area contributed by atoms with E-state index < -0.39 is 6.36 Å². The number of alkyl halides is 3. The second-order valence-electron chi connectivity index (χ2n) is 9.56. The molecule has 3 aromatic rings. The highest BCUT2D eigenvalue weighted by Gasteiger charge is 2.31. The van der Waals surface area contributed by atoms with Crippen LogP contribution in [0.25, 0.3) is 10.9 Å². The molecular weight excluding hydrogens is 549 g/mol. The van der Waals surface area contributed by atoms with Gasteiger partial charge in [0.2, 0.25) is 0 Å². The van der Waals surface area contributed by atoms with Crippen molar-refractivity contribution in [2.75, 3.05) is 83.7 Å². The van der Waals surface area contributed by atoms with Gasteiger partial charge in [0.15, 0.2) is 0 Å². The molecule has 2 aliphatic rings. The number of fused-ring (bicyclic) bond motifs is 1. The number of benzene rings is 2. The molecule has 2 fully saturated rings. The van der Waals surface area contributed by atoms with Crippen LogP contribution in [0.15, 0.2) is 48.5 Å². The molecule has 0 atom stereocenters. The minimum Gasteiger partial charge on any atom is -0.491 e. The van der Waals surface area contributed by atoms with Crippen LogP contribution in [-0.2, 0) is 9.47 Å². The van der Waals surface area contributed by atoms with E-state index in [9.17, 15) is 13.2 Å². The first-order valence-electron chi connectivity index (χ1n) is 13.3. The molecule has 8 nitrogen and oxygen atoms in total. The Morgan fingerprint density at radius 2 is 1.55 bits per heavy atom. The SMILES string of the molecule is FC(F)(F)Oc1ccc(N(CCN2CCOCC2)c2cc(OCCN3CCOCC3)c3cccc(Cl)c3n2)cc1. The van der Waals surface area contributed by atoms with Gasteiger partial charge in [-0.15, -0.1) is 13.2 Å². The average Bonchev–Trinajstić information content (AvgIpc) is 2.95. The molecule has 3 heterocycles. The van der Waals surface area contributed by atoms with E-state index in [0.29, 0.717) is 73.9 Å².